The molecule has 4 rings (SSSR count). The molecule has 0 spiro atoms. The molecule has 0 radical (unpaired) electrons. The Morgan fingerprint density at radius 2 is 1.48 bits per heavy atom. The second-order valence-corrected chi connectivity index (χ2v) is 8.23. The van der Waals surface area contributed by atoms with Crippen LogP contribution in [-0.4, -0.2) is 41.3 Å². The van der Waals surface area contributed by atoms with Gasteiger partial charge >= 0.3 is 6.09 Å². The number of carbonyl (C=O) groups is 2. The van der Waals surface area contributed by atoms with Crippen LogP contribution in [0.25, 0.3) is 11.1 Å². The number of rotatable bonds is 8. The molecule has 0 aliphatic heterocycles. The van der Waals surface area contributed by atoms with E-state index in [1.807, 2.05) is 24.3 Å². The molecule has 3 aromatic rings. The van der Waals surface area contributed by atoms with Crippen LogP contribution in [0.4, 0.5) is 4.79 Å². The Morgan fingerprint density at radius 1 is 0.909 bits per heavy atom. The molecule has 0 saturated carbocycles. The van der Waals surface area contributed by atoms with Gasteiger partial charge in [-0.15, -0.1) is 0 Å². The number of hydrogen-bond donors (Lipinski definition) is 3. The van der Waals surface area contributed by atoms with Crippen molar-refractivity contribution in [2.45, 2.75) is 31.5 Å². The monoisotopic (exact) mass is 445 g/mol. The standard InChI is InChI=1S/C27H27NO5/c1-17(29)18-10-12-19(13-11-18)26(31)25(30)14-15-28-27(32)33-16-24-22-8-4-2-6-20(22)21-7-3-5-9-23(21)24/h2-13,24-26,30-31H,14-16H2,1H3,(H,28,32). The molecular weight excluding hydrogens is 418 g/mol. The number of nitrogens with one attached hydrogen (secondary N) is 1. The van der Waals surface area contributed by atoms with Crippen molar-refractivity contribution in [3.8, 4) is 11.1 Å². The third-order valence-corrected chi connectivity index (χ3v) is 6.08. The highest BCUT2D eigenvalue weighted by molar-refractivity contribution is 5.94. The van der Waals surface area contributed by atoms with Crippen molar-refractivity contribution in [1.82, 2.24) is 5.32 Å². The van der Waals surface area contributed by atoms with Crippen molar-refractivity contribution in [2.24, 2.45) is 0 Å². The topological polar surface area (TPSA) is 95.9 Å². The molecule has 6 heteroatoms. The summed E-state index contributed by atoms with van der Waals surface area (Å²) in [6.07, 6.45) is -2.60. The zero-order valence-electron chi connectivity index (χ0n) is 18.4. The number of amides is 1. The Balaban J connectivity index is 1.27. The first-order chi connectivity index (χ1) is 16.0. The van der Waals surface area contributed by atoms with Crippen molar-refractivity contribution in [3.05, 3.63) is 95.1 Å². The van der Waals surface area contributed by atoms with Crippen LogP contribution in [0.15, 0.2) is 72.8 Å². The van der Waals surface area contributed by atoms with E-state index in [1.165, 1.54) is 6.92 Å². The average molecular weight is 446 g/mol. The lowest BCUT2D eigenvalue weighted by molar-refractivity contribution is 0.0136. The molecule has 3 N–H and O–H groups in total. The average Bonchev–Trinajstić information content (AvgIpc) is 3.16. The van der Waals surface area contributed by atoms with Crippen LogP contribution in [-0.2, 0) is 4.74 Å². The van der Waals surface area contributed by atoms with E-state index in [-0.39, 0.29) is 31.3 Å². The van der Waals surface area contributed by atoms with Gasteiger partial charge in [-0.2, -0.15) is 0 Å². The highest BCUT2D eigenvalue weighted by atomic mass is 16.5. The van der Waals surface area contributed by atoms with Gasteiger partial charge in [0.15, 0.2) is 5.78 Å². The van der Waals surface area contributed by atoms with Crippen molar-refractivity contribution < 1.29 is 24.5 Å². The normalized spacial score (nSPS) is 14.2. The molecule has 1 aliphatic carbocycles. The number of aliphatic hydroxyl groups is 2. The lowest BCUT2D eigenvalue weighted by atomic mass is 9.98. The maximum absolute atomic E-state index is 12.2. The summed E-state index contributed by atoms with van der Waals surface area (Å²) in [6, 6.07) is 22.7. The van der Waals surface area contributed by atoms with Gasteiger partial charge in [0.25, 0.3) is 0 Å². The van der Waals surface area contributed by atoms with E-state index in [0.29, 0.717) is 11.1 Å². The minimum Gasteiger partial charge on any atom is -0.449 e. The summed E-state index contributed by atoms with van der Waals surface area (Å²) in [7, 11) is 0. The fourth-order valence-electron chi connectivity index (χ4n) is 4.27. The molecule has 33 heavy (non-hydrogen) atoms. The Hall–Kier alpha value is -3.48. The first kappa shape index (κ1) is 22.7. The molecule has 1 aliphatic rings. The summed E-state index contributed by atoms with van der Waals surface area (Å²) in [5.74, 6) is -0.0857. The number of carbonyl (C=O) groups excluding carboxylic acids is 2. The molecule has 1 amide bonds. The number of ether oxygens (including phenoxy) is 1. The zero-order chi connectivity index (χ0) is 23.4. The van der Waals surface area contributed by atoms with Gasteiger partial charge in [0, 0.05) is 18.0 Å². The smallest absolute Gasteiger partial charge is 0.407 e. The second kappa shape index (κ2) is 9.98. The second-order valence-electron chi connectivity index (χ2n) is 8.23. The zero-order valence-corrected chi connectivity index (χ0v) is 18.4. The summed E-state index contributed by atoms with van der Waals surface area (Å²) < 4.78 is 5.48. The van der Waals surface area contributed by atoms with Crippen molar-refractivity contribution in [3.63, 3.8) is 0 Å². The van der Waals surface area contributed by atoms with Gasteiger partial charge in [-0.3, -0.25) is 4.79 Å². The Labute approximate surface area is 192 Å². The Bertz CT molecular complexity index is 1100. The van der Waals surface area contributed by atoms with Gasteiger partial charge in [0.05, 0.1) is 6.10 Å². The van der Waals surface area contributed by atoms with Crippen LogP contribution in [0.5, 0.6) is 0 Å². The van der Waals surface area contributed by atoms with E-state index in [1.54, 1.807) is 24.3 Å². The Kier molecular flexibility index (Phi) is 6.87. The maximum Gasteiger partial charge on any atom is 0.407 e. The lowest BCUT2D eigenvalue weighted by Gasteiger charge is -2.19. The molecule has 0 aromatic heterocycles. The molecule has 3 aromatic carbocycles. The number of alkyl carbamates (subject to hydrolysis) is 1. The minimum atomic E-state index is -1.12. The lowest BCUT2D eigenvalue weighted by Crippen LogP contribution is -2.30. The van der Waals surface area contributed by atoms with Crippen LogP contribution in [0.1, 0.15) is 52.4 Å². The fourth-order valence-corrected chi connectivity index (χ4v) is 4.27. The third kappa shape index (κ3) is 4.97. The maximum atomic E-state index is 12.2. The largest absolute Gasteiger partial charge is 0.449 e. The molecule has 6 nitrogen and oxygen atoms in total. The number of Topliss-reactive ketones (excluding diaryl/α,β-unsaturated/α-hetero) is 1. The van der Waals surface area contributed by atoms with Crippen molar-refractivity contribution >= 4 is 11.9 Å². The van der Waals surface area contributed by atoms with E-state index in [4.69, 9.17) is 4.74 Å². The molecular formula is C27H27NO5. The predicted octanol–water partition coefficient (Wildman–Crippen LogP) is 4.21. The number of fused-ring (bicyclic) bond motifs is 3. The van der Waals surface area contributed by atoms with E-state index >= 15 is 0 Å². The van der Waals surface area contributed by atoms with Gasteiger partial charge in [-0.1, -0.05) is 72.8 Å². The first-order valence-electron chi connectivity index (χ1n) is 11.0. The van der Waals surface area contributed by atoms with Gasteiger partial charge < -0.3 is 20.3 Å². The van der Waals surface area contributed by atoms with Crippen LogP contribution in [0.2, 0.25) is 0 Å². The van der Waals surface area contributed by atoms with E-state index in [2.05, 4.69) is 29.6 Å². The van der Waals surface area contributed by atoms with Crippen LogP contribution >= 0.6 is 0 Å². The number of benzene rings is 3. The summed E-state index contributed by atoms with van der Waals surface area (Å²) in [5, 5.41) is 23.3. The molecule has 0 bridgehead atoms. The predicted molar refractivity (Wildman–Crippen MR) is 125 cm³/mol. The number of ketones is 1. The molecule has 2 atom stereocenters. The molecule has 2 unspecified atom stereocenters. The van der Waals surface area contributed by atoms with Crippen LogP contribution in [0.3, 0.4) is 0 Å². The molecule has 0 fully saturated rings. The van der Waals surface area contributed by atoms with Gasteiger partial charge in [-0.25, -0.2) is 4.79 Å². The summed E-state index contributed by atoms with van der Waals surface area (Å²) in [6.45, 7) is 1.84. The van der Waals surface area contributed by atoms with E-state index in [0.717, 1.165) is 22.3 Å². The fraction of sp³-hybridized carbons (Fsp3) is 0.259. The summed E-state index contributed by atoms with van der Waals surface area (Å²) in [5.41, 5.74) is 5.65. The molecule has 0 saturated heterocycles. The van der Waals surface area contributed by atoms with Crippen LogP contribution in [0, 0.1) is 0 Å². The minimum absolute atomic E-state index is 0.0199. The Morgan fingerprint density at radius 3 is 2.06 bits per heavy atom. The molecule has 0 heterocycles. The third-order valence-electron chi connectivity index (χ3n) is 6.08. The number of hydrogen-bond acceptors (Lipinski definition) is 5. The highest BCUT2D eigenvalue weighted by Gasteiger charge is 2.29. The van der Waals surface area contributed by atoms with E-state index < -0.39 is 18.3 Å². The van der Waals surface area contributed by atoms with Crippen LogP contribution < -0.4 is 5.32 Å². The van der Waals surface area contributed by atoms with Crippen molar-refractivity contribution in [2.75, 3.05) is 13.2 Å². The molecule has 170 valence electrons. The SMILES string of the molecule is CC(=O)c1ccc(C(O)C(O)CCNC(=O)OCC2c3ccccc3-c3ccccc32)cc1. The van der Waals surface area contributed by atoms with Gasteiger partial charge in [0.1, 0.15) is 12.7 Å². The summed E-state index contributed by atoms with van der Waals surface area (Å²) in [4.78, 5) is 23.6. The van der Waals surface area contributed by atoms with Gasteiger partial charge in [0.2, 0.25) is 0 Å². The highest BCUT2D eigenvalue weighted by Crippen LogP contribution is 2.44. The van der Waals surface area contributed by atoms with Crippen molar-refractivity contribution in [1.29, 1.82) is 0 Å². The van der Waals surface area contributed by atoms with Gasteiger partial charge in [-0.05, 0) is 41.2 Å². The quantitative estimate of drug-likeness (QED) is 0.452. The number of aliphatic hydroxyl groups excluding tert-OH is 2. The first-order valence-corrected chi connectivity index (χ1v) is 11.0. The van der Waals surface area contributed by atoms with E-state index in [9.17, 15) is 19.8 Å². The summed E-state index contributed by atoms with van der Waals surface area (Å²) >= 11 is 0.